The third kappa shape index (κ3) is 1.70. The highest BCUT2D eigenvalue weighted by Gasteiger charge is 2.47. The lowest BCUT2D eigenvalue weighted by atomic mass is 9.52. The highest BCUT2D eigenvalue weighted by Crippen LogP contribution is 2.57. The number of rotatable bonds is 2. The summed E-state index contributed by atoms with van der Waals surface area (Å²) in [6.45, 7) is 0. The highest BCUT2D eigenvalue weighted by atomic mass is 32.2. The van der Waals surface area contributed by atoms with Crippen molar-refractivity contribution in [3.8, 4) is 6.07 Å². The van der Waals surface area contributed by atoms with E-state index < -0.39 is 0 Å². The van der Waals surface area contributed by atoms with Crippen molar-refractivity contribution in [2.75, 3.05) is 6.26 Å². The van der Waals surface area contributed by atoms with Gasteiger partial charge in [-0.25, -0.2) is 0 Å². The van der Waals surface area contributed by atoms with Crippen LogP contribution in [0.25, 0.3) is 0 Å². The third-order valence-corrected chi connectivity index (χ3v) is 5.64. The van der Waals surface area contributed by atoms with Gasteiger partial charge in [0.1, 0.15) is 6.07 Å². The molecule has 1 nitrogen and oxygen atoms in total. The van der Waals surface area contributed by atoms with E-state index in [4.69, 9.17) is 5.26 Å². The van der Waals surface area contributed by atoms with E-state index in [0.29, 0.717) is 0 Å². The van der Waals surface area contributed by atoms with Crippen LogP contribution in [0.2, 0.25) is 0 Å². The van der Waals surface area contributed by atoms with Crippen LogP contribution in [0.15, 0.2) is 11.0 Å². The second kappa shape index (κ2) is 4.11. The quantitative estimate of drug-likeness (QED) is 0.677. The smallest absolute Gasteiger partial charge is 0.106 e. The van der Waals surface area contributed by atoms with E-state index >= 15 is 0 Å². The first-order chi connectivity index (χ1) is 7.80. The molecule has 0 aromatic heterocycles. The molecule has 0 aromatic carbocycles. The van der Waals surface area contributed by atoms with Crippen LogP contribution in [0.5, 0.6) is 0 Å². The van der Waals surface area contributed by atoms with Gasteiger partial charge in [0, 0.05) is 0 Å². The van der Waals surface area contributed by atoms with E-state index in [-0.39, 0.29) is 0 Å². The maximum absolute atomic E-state index is 9.04. The second-order valence-corrected chi connectivity index (χ2v) is 6.70. The van der Waals surface area contributed by atoms with Crippen LogP contribution in [-0.2, 0) is 0 Å². The Kier molecular flexibility index (Phi) is 2.75. The van der Waals surface area contributed by atoms with Gasteiger partial charge in [-0.15, -0.1) is 11.8 Å². The minimum Gasteiger partial charge on any atom is -0.192 e. The van der Waals surface area contributed by atoms with Crippen LogP contribution in [-0.4, -0.2) is 6.26 Å². The van der Waals surface area contributed by atoms with Crippen molar-refractivity contribution < 1.29 is 0 Å². The predicted octanol–water partition coefficient (Wildman–Crippen LogP) is 3.83. The first-order valence-electron chi connectivity index (χ1n) is 6.46. The molecule has 0 heterocycles. The largest absolute Gasteiger partial charge is 0.192 e. The summed E-state index contributed by atoms with van der Waals surface area (Å²) < 4.78 is 0. The van der Waals surface area contributed by atoms with E-state index in [9.17, 15) is 0 Å². The average Bonchev–Trinajstić information content (AvgIpc) is 2.28. The van der Waals surface area contributed by atoms with E-state index in [2.05, 4.69) is 12.1 Å². The molecule has 0 aromatic rings. The normalized spacial score (nSPS) is 45.8. The molecule has 0 radical (unpaired) electrons. The Balaban J connectivity index is 1.82. The standard InChI is InChI=1S/C14H19NS/c1-16-13(8-15)7-14-11-3-9-2-10(5-11)6-12(14)4-9/h7,9-12,14H,2-6H2,1H3/b13-7+. The van der Waals surface area contributed by atoms with Crippen LogP contribution < -0.4 is 0 Å². The molecule has 4 saturated carbocycles. The monoisotopic (exact) mass is 233 g/mol. The number of hydrogen-bond acceptors (Lipinski definition) is 2. The Morgan fingerprint density at radius 2 is 1.69 bits per heavy atom. The molecule has 0 amide bonds. The number of nitriles is 1. The van der Waals surface area contributed by atoms with Crippen molar-refractivity contribution in [3.05, 3.63) is 11.0 Å². The second-order valence-electron chi connectivity index (χ2n) is 5.85. The van der Waals surface area contributed by atoms with E-state index in [1.807, 2.05) is 6.26 Å². The lowest BCUT2D eigenvalue weighted by Crippen LogP contribution is -2.44. The van der Waals surface area contributed by atoms with Gasteiger partial charge in [0.25, 0.3) is 0 Å². The van der Waals surface area contributed by atoms with Gasteiger partial charge < -0.3 is 0 Å². The zero-order chi connectivity index (χ0) is 11.1. The Hall–Kier alpha value is -0.420. The molecule has 4 bridgehead atoms. The molecule has 4 aliphatic rings. The first kappa shape index (κ1) is 10.7. The fourth-order valence-electron chi connectivity index (χ4n) is 4.57. The summed E-state index contributed by atoms with van der Waals surface area (Å²) >= 11 is 1.61. The van der Waals surface area contributed by atoms with Crippen LogP contribution in [0.4, 0.5) is 0 Å². The van der Waals surface area contributed by atoms with Gasteiger partial charge in [0.05, 0.1) is 4.91 Å². The summed E-state index contributed by atoms with van der Waals surface area (Å²) in [7, 11) is 0. The van der Waals surface area contributed by atoms with Gasteiger partial charge in [-0.2, -0.15) is 5.26 Å². The zero-order valence-corrected chi connectivity index (χ0v) is 10.7. The predicted molar refractivity (Wildman–Crippen MR) is 67.7 cm³/mol. The van der Waals surface area contributed by atoms with Crippen LogP contribution in [0, 0.1) is 40.9 Å². The molecule has 86 valence electrons. The molecular formula is C14H19NS. The summed E-state index contributed by atoms with van der Waals surface area (Å²) in [6, 6.07) is 2.33. The number of nitrogens with zero attached hydrogens (tertiary/aromatic N) is 1. The molecule has 4 rings (SSSR count). The summed E-state index contributed by atoms with van der Waals surface area (Å²) in [6.07, 6.45) is 11.6. The Labute approximate surface area is 102 Å². The fraction of sp³-hybridized carbons (Fsp3) is 0.786. The van der Waals surface area contributed by atoms with E-state index in [0.717, 1.165) is 34.5 Å². The molecule has 4 fully saturated rings. The number of thioether (sulfide) groups is 1. The number of hydrogen-bond donors (Lipinski definition) is 0. The van der Waals surface area contributed by atoms with E-state index in [1.165, 1.54) is 32.1 Å². The Morgan fingerprint density at radius 3 is 2.12 bits per heavy atom. The summed E-state index contributed by atoms with van der Waals surface area (Å²) in [5.74, 6) is 4.62. The lowest BCUT2D eigenvalue weighted by molar-refractivity contribution is -0.0162. The van der Waals surface area contributed by atoms with Crippen molar-refractivity contribution in [2.45, 2.75) is 32.1 Å². The van der Waals surface area contributed by atoms with Crippen molar-refractivity contribution >= 4 is 11.8 Å². The van der Waals surface area contributed by atoms with Crippen molar-refractivity contribution in [2.24, 2.45) is 29.6 Å². The van der Waals surface area contributed by atoms with Crippen LogP contribution in [0.3, 0.4) is 0 Å². The molecule has 0 atom stereocenters. The first-order valence-corrected chi connectivity index (χ1v) is 7.68. The summed E-state index contributed by atoms with van der Waals surface area (Å²) in [5.41, 5.74) is 0. The summed E-state index contributed by atoms with van der Waals surface area (Å²) in [5, 5.41) is 9.04. The SMILES string of the molecule is CS/C(C#N)=C/C1C2CC3CC(C2)CC1C3. The van der Waals surface area contributed by atoms with Gasteiger partial charge in [-0.05, 0) is 67.9 Å². The molecule has 0 spiro atoms. The highest BCUT2D eigenvalue weighted by molar-refractivity contribution is 8.02. The van der Waals surface area contributed by atoms with Gasteiger partial charge in [0.2, 0.25) is 0 Å². The maximum atomic E-state index is 9.04. The van der Waals surface area contributed by atoms with Gasteiger partial charge >= 0.3 is 0 Å². The van der Waals surface area contributed by atoms with Crippen LogP contribution >= 0.6 is 11.8 Å². The minimum absolute atomic E-state index is 0.731. The molecule has 4 aliphatic carbocycles. The van der Waals surface area contributed by atoms with Gasteiger partial charge in [-0.1, -0.05) is 6.08 Å². The molecule has 0 saturated heterocycles. The van der Waals surface area contributed by atoms with Crippen molar-refractivity contribution in [1.29, 1.82) is 5.26 Å². The average molecular weight is 233 g/mol. The molecule has 2 heteroatoms. The Morgan fingerprint density at radius 1 is 1.12 bits per heavy atom. The fourth-order valence-corrected chi connectivity index (χ4v) is 4.95. The molecule has 16 heavy (non-hydrogen) atoms. The molecule has 0 unspecified atom stereocenters. The minimum atomic E-state index is 0.731. The summed E-state index contributed by atoms with van der Waals surface area (Å²) in [4.78, 5) is 0.942. The number of allylic oxidation sites excluding steroid dienone is 2. The van der Waals surface area contributed by atoms with Gasteiger partial charge in [0.15, 0.2) is 0 Å². The molecule has 0 aliphatic heterocycles. The topological polar surface area (TPSA) is 23.8 Å². The lowest BCUT2D eigenvalue weighted by Gasteiger charge is -2.53. The van der Waals surface area contributed by atoms with Crippen LogP contribution in [0.1, 0.15) is 32.1 Å². The molecule has 0 N–H and O–H groups in total. The van der Waals surface area contributed by atoms with Crippen molar-refractivity contribution in [3.63, 3.8) is 0 Å². The van der Waals surface area contributed by atoms with Gasteiger partial charge in [-0.3, -0.25) is 0 Å². The van der Waals surface area contributed by atoms with E-state index in [1.54, 1.807) is 11.8 Å². The third-order valence-electron chi connectivity index (χ3n) is 4.97. The van der Waals surface area contributed by atoms with Crippen molar-refractivity contribution in [1.82, 2.24) is 0 Å². The zero-order valence-electron chi connectivity index (χ0n) is 9.86. The Bertz CT molecular complexity index is 324. The molecular weight excluding hydrogens is 214 g/mol. The maximum Gasteiger partial charge on any atom is 0.106 e.